The first kappa shape index (κ1) is 18.4. The monoisotopic (exact) mass is 367 g/mol. The Balaban J connectivity index is 1.55. The van der Waals surface area contributed by atoms with Gasteiger partial charge in [0.1, 0.15) is 17.5 Å². The standard InChI is InChI=1S/C20H21N3O4/c1-22-17(19(25)23(2)20(22)26)12-18(24)21-13-14-7-6-10-16(11-14)27-15-8-4-3-5-9-15/h3-11,17H,12-13H2,1-2H3,(H,21,24). The third-order valence-electron chi connectivity index (χ3n) is 4.42. The maximum Gasteiger partial charge on any atom is 0.326 e. The molecule has 1 fully saturated rings. The average Bonchev–Trinajstić information content (AvgIpc) is 2.85. The van der Waals surface area contributed by atoms with Gasteiger partial charge in [0.05, 0.1) is 6.42 Å². The van der Waals surface area contributed by atoms with Gasteiger partial charge < -0.3 is 15.0 Å². The second-order valence-electron chi connectivity index (χ2n) is 6.35. The van der Waals surface area contributed by atoms with Gasteiger partial charge in [-0.25, -0.2) is 4.79 Å². The van der Waals surface area contributed by atoms with Gasteiger partial charge in [0, 0.05) is 20.6 Å². The Hall–Kier alpha value is -3.35. The highest BCUT2D eigenvalue weighted by Gasteiger charge is 2.41. The zero-order valence-electron chi connectivity index (χ0n) is 15.2. The van der Waals surface area contributed by atoms with E-state index in [0.717, 1.165) is 16.2 Å². The Bertz CT molecular complexity index is 853. The van der Waals surface area contributed by atoms with Crippen LogP contribution in [0, 0.1) is 0 Å². The van der Waals surface area contributed by atoms with Gasteiger partial charge in [-0.3, -0.25) is 14.5 Å². The summed E-state index contributed by atoms with van der Waals surface area (Å²) >= 11 is 0. The minimum Gasteiger partial charge on any atom is -0.457 e. The highest BCUT2D eigenvalue weighted by atomic mass is 16.5. The summed E-state index contributed by atoms with van der Waals surface area (Å²) < 4.78 is 5.78. The summed E-state index contributed by atoms with van der Waals surface area (Å²) in [5, 5.41) is 2.78. The van der Waals surface area contributed by atoms with Crippen LogP contribution in [0.1, 0.15) is 12.0 Å². The molecule has 1 aliphatic rings. The Morgan fingerprint density at radius 3 is 2.41 bits per heavy atom. The molecule has 4 amide bonds. The average molecular weight is 367 g/mol. The molecule has 7 heteroatoms. The van der Waals surface area contributed by atoms with Crippen molar-refractivity contribution in [1.82, 2.24) is 15.1 Å². The van der Waals surface area contributed by atoms with Crippen molar-refractivity contribution < 1.29 is 19.1 Å². The van der Waals surface area contributed by atoms with Gasteiger partial charge in [-0.05, 0) is 29.8 Å². The lowest BCUT2D eigenvalue weighted by Gasteiger charge is -2.15. The summed E-state index contributed by atoms with van der Waals surface area (Å²) in [6.07, 6.45) is -0.0639. The smallest absolute Gasteiger partial charge is 0.326 e. The molecular weight excluding hydrogens is 346 g/mol. The molecule has 0 radical (unpaired) electrons. The van der Waals surface area contributed by atoms with Gasteiger partial charge >= 0.3 is 6.03 Å². The zero-order valence-corrected chi connectivity index (χ0v) is 15.2. The molecule has 2 aromatic rings. The van der Waals surface area contributed by atoms with Crippen molar-refractivity contribution in [2.45, 2.75) is 19.0 Å². The Labute approximate surface area is 157 Å². The summed E-state index contributed by atoms with van der Waals surface area (Å²) in [7, 11) is 2.93. The van der Waals surface area contributed by atoms with Crippen LogP contribution in [0.3, 0.4) is 0 Å². The number of ether oxygens (including phenoxy) is 1. The van der Waals surface area contributed by atoms with E-state index in [9.17, 15) is 14.4 Å². The number of hydrogen-bond acceptors (Lipinski definition) is 4. The minimum atomic E-state index is -0.754. The van der Waals surface area contributed by atoms with E-state index >= 15 is 0 Å². The maximum absolute atomic E-state index is 12.2. The molecule has 0 aliphatic carbocycles. The SMILES string of the molecule is CN1C(=O)C(CC(=O)NCc2cccc(Oc3ccccc3)c2)N(C)C1=O. The van der Waals surface area contributed by atoms with E-state index in [1.165, 1.54) is 19.0 Å². The van der Waals surface area contributed by atoms with Crippen molar-refractivity contribution in [3.63, 3.8) is 0 Å². The van der Waals surface area contributed by atoms with Crippen LogP contribution in [0.5, 0.6) is 11.5 Å². The van der Waals surface area contributed by atoms with Crippen LogP contribution in [0.2, 0.25) is 0 Å². The molecule has 1 aliphatic heterocycles. The number of urea groups is 1. The third kappa shape index (κ3) is 4.25. The van der Waals surface area contributed by atoms with Crippen LogP contribution in [-0.2, 0) is 16.1 Å². The lowest BCUT2D eigenvalue weighted by Crippen LogP contribution is -2.37. The second kappa shape index (κ2) is 7.90. The highest BCUT2D eigenvalue weighted by Crippen LogP contribution is 2.22. The van der Waals surface area contributed by atoms with Crippen molar-refractivity contribution in [3.8, 4) is 11.5 Å². The third-order valence-corrected chi connectivity index (χ3v) is 4.42. The van der Waals surface area contributed by atoms with Gasteiger partial charge in [0.15, 0.2) is 0 Å². The lowest BCUT2D eigenvalue weighted by molar-refractivity contribution is -0.131. The molecule has 0 bridgehead atoms. The van der Waals surface area contributed by atoms with Crippen LogP contribution in [-0.4, -0.2) is 47.8 Å². The van der Waals surface area contributed by atoms with E-state index in [1.54, 1.807) is 0 Å². The summed E-state index contributed by atoms with van der Waals surface area (Å²) in [4.78, 5) is 38.3. The van der Waals surface area contributed by atoms with Gasteiger partial charge in [0.25, 0.3) is 5.91 Å². The number of benzene rings is 2. The molecular formula is C20H21N3O4. The van der Waals surface area contributed by atoms with Gasteiger partial charge in [0.2, 0.25) is 5.91 Å². The highest BCUT2D eigenvalue weighted by molar-refractivity contribution is 6.05. The molecule has 0 spiro atoms. The molecule has 27 heavy (non-hydrogen) atoms. The fraction of sp³-hybridized carbons (Fsp3) is 0.250. The summed E-state index contributed by atoms with van der Waals surface area (Å²) in [5.74, 6) is 0.745. The summed E-state index contributed by atoms with van der Waals surface area (Å²) in [5.41, 5.74) is 0.871. The number of carbonyl (C=O) groups is 3. The van der Waals surface area contributed by atoms with E-state index < -0.39 is 12.1 Å². The number of imide groups is 1. The summed E-state index contributed by atoms with van der Waals surface area (Å²) in [6.45, 7) is 0.305. The maximum atomic E-state index is 12.2. The Morgan fingerprint density at radius 1 is 1.04 bits per heavy atom. The number of hydrogen-bond donors (Lipinski definition) is 1. The normalized spacial score (nSPS) is 16.6. The lowest BCUT2D eigenvalue weighted by atomic mass is 10.1. The van der Waals surface area contributed by atoms with Gasteiger partial charge in [-0.1, -0.05) is 30.3 Å². The Kier molecular flexibility index (Phi) is 5.40. The fourth-order valence-electron chi connectivity index (χ4n) is 2.87. The van der Waals surface area contributed by atoms with Gasteiger partial charge in [-0.15, -0.1) is 0 Å². The van der Waals surface area contributed by atoms with Crippen molar-refractivity contribution >= 4 is 17.8 Å². The molecule has 140 valence electrons. The van der Waals surface area contributed by atoms with Crippen LogP contribution >= 0.6 is 0 Å². The van der Waals surface area contributed by atoms with Crippen molar-refractivity contribution in [2.75, 3.05) is 14.1 Å². The molecule has 0 saturated carbocycles. The second-order valence-corrected chi connectivity index (χ2v) is 6.35. The van der Waals surface area contributed by atoms with E-state index in [2.05, 4.69) is 5.32 Å². The number of likely N-dealkylation sites (N-methyl/N-ethyl adjacent to an activating group) is 2. The molecule has 1 N–H and O–H groups in total. The van der Waals surface area contributed by atoms with Crippen LogP contribution < -0.4 is 10.1 Å². The Morgan fingerprint density at radius 2 is 1.74 bits per heavy atom. The predicted octanol–water partition coefficient (Wildman–Crippen LogP) is 2.38. The van der Waals surface area contributed by atoms with Crippen LogP contribution in [0.15, 0.2) is 54.6 Å². The first-order valence-corrected chi connectivity index (χ1v) is 8.58. The number of rotatable bonds is 6. The molecule has 7 nitrogen and oxygen atoms in total. The number of nitrogens with one attached hydrogen (secondary N) is 1. The first-order chi connectivity index (χ1) is 13.0. The first-order valence-electron chi connectivity index (χ1n) is 8.58. The zero-order chi connectivity index (χ0) is 19.4. The predicted molar refractivity (Wildman–Crippen MR) is 99.1 cm³/mol. The van der Waals surface area contributed by atoms with E-state index in [-0.39, 0.29) is 18.2 Å². The van der Waals surface area contributed by atoms with E-state index in [1.807, 2.05) is 54.6 Å². The number of carbonyl (C=O) groups excluding carboxylic acids is 3. The minimum absolute atomic E-state index is 0.0639. The van der Waals surface area contributed by atoms with E-state index in [0.29, 0.717) is 12.3 Å². The molecule has 0 aromatic heterocycles. The number of para-hydroxylation sites is 1. The number of amides is 4. The molecule has 1 atom stereocenters. The topological polar surface area (TPSA) is 79.0 Å². The molecule has 1 unspecified atom stereocenters. The molecule has 2 aromatic carbocycles. The quantitative estimate of drug-likeness (QED) is 0.795. The van der Waals surface area contributed by atoms with Crippen LogP contribution in [0.4, 0.5) is 4.79 Å². The van der Waals surface area contributed by atoms with Crippen LogP contribution in [0.25, 0.3) is 0 Å². The number of nitrogens with zero attached hydrogens (tertiary/aromatic N) is 2. The molecule has 3 rings (SSSR count). The molecule has 1 heterocycles. The summed E-state index contributed by atoms with van der Waals surface area (Å²) in [6, 6.07) is 15.7. The van der Waals surface area contributed by atoms with Gasteiger partial charge in [-0.2, -0.15) is 0 Å². The van der Waals surface area contributed by atoms with Crippen molar-refractivity contribution in [1.29, 1.82) is 0 Å². The molecule has 1 saturated heterocycles. The van der Waals surface area contributed by atoms with Crippen molar-refractivity contribution in [2.24, 2.45) is 0 Å². The van der Waals surface area contributed by atoms with E-state index in [4.69, 9.17) is 4.74 Å². The van der Waals surface area contributed by atoms with Crippen molar-refractivity contribution in [3.05, 3.63) is 60.2 Å². The largest absolute Gasteiger partial charge is 0.457 e. The fourth-order valence-corrected chi connectivity index (χ4v) is 2.87.